The fraction of sp³-hybridized carbons (Fsp3) is 0.455. The molecular weight excluding hydrogens is 260 g/mol. The standard InChI is InChI=1S/C11H17ClN2O2S/c1-3-4-7-14(2)17(15,16)11-8-9(13)5-6-10(11)12/h5-6,8H,3-4,7,13H2,1-2H3. The van der Waals surface area contributed by atoms with Crippen molar-refractivity contribution in [1.82, 2.24) is 4.31 Å². The summed E-state index contributed by atoms with van der Waals surface area (Å²) in [4.78, 5) is 0.0674. The highest BCUT2D eigenvalue weighted by molar-refractivity contribution is 7.89. The molecule has 0 radical (unpaired) electrons. The Morgan fingerprint density at radius 2 is 2.06 bits per heavy atom. The van der Waals surface area contributed by atoms with Gasteiger partial charge in [0.05, 0.1) is 5.02 Å². The fourth-order valence-corrected chi connectivity index (χ4v) is 3.10. The number of halogens is 1. The molecule has 0 saturated heterocycles. The Morgan fingerprint density at radius 3 is 2.65 bits per heavy atom. The number of nitrogen functional groups attached to an aromatic ring is 1. The normalized spacial score (nSPS) is 12.0. The van der Waals surface area contributed by atoms with E-state index in [1.165, 1.54) is 16.4 Å². The van der Waals surface area contributed by atoms with Gasteiger partial charge in [-0.1, -0.05) is 24.9 Å². The molecule has 0 saturated carbocycles. The van der Waals surface area contributed by atoms with Crippen molar-refractivity contribution in [3.63, 3.8) is 0 Å². The first-order chi connectivity index (χ1) is 7.89. The summed E-state index contributed by atoms with van der Waals surface area (Å²) in [5, 5.41) is 0.197. The van der Waals surface area contributed by atoms with Crippen LogP contribution in [0.15, 0.2) is 23.1 Å². The molecule has 0 aromatic heterocycles. The summed E-state index contributed by atoms with van der Waals surface area (Å²) in [6.45, 7) is 2.48. The maximum atomic E-state index is 12.2. The van der Waals surface area contributed by atoms with Crippen LogP contribution in [0.25, 0.3) is 0 Å². The van der Waals surface area contributed by atoms with E-state index in [-0.39, 0.29) is 9.92 Å². The summed E-state index contributed by atoms with van der Waals surface area (Å²) in [5.41, 5.74) is 5.97. The Balaban J connectivity index is 3.08. The fourth-order valence-electron chi connectivity index (χ4n) is 1.39. The van der Waals surface area contributed by atoms with Crippen LogP contribution in [0.5, 0.6) is 0 Å². The Hall–Kier alpha value is -0.780. The second-order valence-electron chi connectivity index (χ2n) is 3.87. The van der Waals surface area contributed by atoms with E-state index in [9.17, 15) is 8.42 Å². The summed E-state index contributed by atoms with van der Waals surface area (Å²) in [6, 6.07) is 4.46. The molecular formula is C11H17ClN2O2S. The molecule has 0 bridgehead atoms. The molecule has 17 heavy (non-hydrogen) atoms. The summed E-state index contributed by atoms with van der Waals surface area (Å²) in [7, 11) is -2.00. The zero-order valence-electron chi connectivity index (χ0n) is 9.98. The minimum atomic E-state index is -3.54. The van der Waals surface area contributed by atoms with Crippen LogP contribution < -0.4 is 5.73 Å². The lowest BCUT2D eigenvalue weighted by Crippen LogP contribution is -2.28. The minimum Gasteiger partial charge on any atom is -0.399 e. The first kappa shape index (κ1) is 14.3. The number of anilines is 1. The van der Waals surface area contributed by atoms with Crippen LogP contribution in [-0.4, -0.2) is 26.3 Å². The van der Waals surface area contributed by atoms with Crippen molar-refractivity contribution >= 4 is 27.3 Å². The maximum Gasteiger partial charge on any atom is 0.244 e. The molecule has 0 spiro atoms. The molecule has 96 valence electrons. The van der Waals surface area contributed by atoms with Crippen LogP contribution in [0, 0.1) is 0 Å². The van der Waals surface area contributed by atoms with Gasteiger partial charge in [-0.3, -0.25) is 0 Å². The van der Waals surface area contributed by atoms with E-state index >= 15 is 0 Å². The number of unbranched alkanes of at least 4 members (excludes halogenated alkanes) is 1. The van der Waals surface area contributed by atoms with Gasteiger partial charge in [-0.25, -0.2) is 12.7 Å². The Bertz CT molecular complexity index is 488. The van der Waals surface area contributed by atoms with Crippen LogP contribution in [0.1, 0.15) is 19.8 Å². The molecule has 1 aromatic carbocycles. The zero-order chi connectivity index (χ0) is 13.1. The molecule has 0 aliphatic carbocycles. The van der Waals surface area contributed by atoms with Crippen molar-refractivity contribution in [2.24, 2.45) is 0 Å². The third-order valence-electron chi connectivity index (χ3n) is 2.47. The molecule has 0 unspecified atom stereocenters. The Kier molecular flexibility index (Phi) is 4.80. The molecule has 0 atom stereocenters. The second kappa shape index (κ2) is 5.71. The van der Waals surface area contributed by atoms with Crippen LogP contribution in [0.4, 0.5) is 5.69 Å². The number of hydrogen-bond acceptors (Lipinski definition) is 3. The number of sulfonamides is 1. The third kappa shape index (κ3) is 3.34. The monoisotopic (exact) mass is 276 g/mol. The first-order valence-corrected chi connectivity index (χ1v) is 7.22. The lowest BCUT2D eigenvalue weighted by molar-refractivity contribution is 0.459. The number of nitrogens with zero attached hydrogens (tertiary/aromatic N) is 1. The molecule has 2 N–H and O–H groups in total. The van der Waals surface area contributed by atoms with E-state index < -0.39 is 10.0 Å². The maximum absolute atomic E-state index is 12.2. The van der Waals surface area contributed by atoms with E-state index in [0.717, 1.165) is 12.8 Å². The average molecular weight is 277 g/mol. The average Bonchev–Trinajstić information content (AvgIpc) is 2.28. The van der Waals surface area contributed by atoms with Crippen LogP contribution in [0.3, 0.4) is 0 Å². The highest BCUT2D eigenvalue weighted by atomic mass is 35.5. The number of nitrogens with two attached hydrogens (primary N) is 1. The topological polar surface area (TPSA) is 63.4 Å². The number of rotatable bonds is 5. The number of hydrogen-bond donors (Lipinski definition) is 1. The molecule has 4 nitrogen and oxygen atoms in total. The highest BCUT2D eigenvalue weighted by Crippen LogP contribution is 2.26. The molecule has 1 rings (SSSR count). The van der Waals surface area contributed by atoms with Gasteiger partial charge < -0.3 is 5.73 Å². The summed E-state index contributed by atoms with van der Waals surface area (Å²) < 4.78 is 25.7. The van der Waals surface area contributed by atoms with Crippen LogP contribution in [0.2, 0.25) is 5.02 Å². The molecule has 6 heteroatoms. The van der Waals surface area contributed by atoms with E-state index in [1.54, 1.807) is 13.1 Å². The van der Waals surface area contributed by atoms with Gasteiger partial charge >= 0.3 is 0 Å². The van der Waals surface area contributed by atoms with Crippen LogP contribution in [-0.2, 0) is 10.0 Å². The van der Waals surface area contributed by atoms with E-state index in [1.807, 2.05) is 6.92 Å². The van der Waals surface area contributed by atoms with Gasteiger partial charge in [-0.05, 0) is 24.6 Å². The lowest BCUT2D eigenvalue weighted by Gasteiger charge is -2.17. The second-order valence-corrected chi connectivity index (χ2v) is 6.29. The van der Waals surface area contributed by atoms with Gasteiger partial charge in [0.25, 0.3) is 0 Å². The van der Waals surface area contributed by atoms with Gasteiger partial charge in [0, 0.05) is 19.3 Å². The largest absolute Gasteiger partial charge is 0.399 e. The Morgan fingerprint density at radius 1 is 1.41 bits per heavy atom. The molecule has 0 aliphatic rings. The quantitative estimate of drug-likeness (QED) is 0.840. The Labute approximate surface area is 107 Å². The van der Waals surface area contributed by atoms with Crippen LogP contribution >= 0.6 is 11.6 Å². The predicted molar refractivity (Wildman–Crippen MR) is 70.6 cm³/mol. The zero-order valence-corrected chi connectivity index (χ0v) is 11.6. The van der Waals surface area contributed by atoms with E-state index in [0.29, 0.717) is 12.2 Å². The lowest BCUT2D eigenvalue weighted by atomic mass is 10.3. The van der Waals surface area contributed by atoms with Crippen molar-refractivity contribution in [2.45, 2.75) is 24.7 Å². The van der Waals surface area contributed by atoms with Gasteiger partial charge in [0.15, 0.2) is 0 Å². The molecule has 0 fully saturated rings. The van der Waals surface area contributed by atoms with Crippen molar-refractivity contribution in [3.05, 3.63) is 23.2 Å². The molecule has 0 heterocycles. The van der Waals surface area contributed by atoms with Gasteiger partial charge in [0.1, 0.15) is 4.90 Å². The predicted octanol–water partition coefficient (Wildman–Crippen LogP) is 2.34. The van der Waals surface area contributed by atoms with Gasteiger partial charge in [0.2, 0.25) is 10.0 Å². The molecule has 1 aromatic rings. The van der Waals surface area contributed by atoms with Gasteiger partial charge in [-0.15, -0.1) is 0 Å². The highest BCUT2D eigenvalue weighted by Gasteiger charge is 2.23. The van der Waals surface area contributed by atoms with Crippen molar-refractivity contribution in [2.75, 3.05) is 19.3 Å². The number of benzene rings is 1. The first-order valence-electron chi connectivity index (χ1n) is 5.41. The third-order valence-corrected chi connectivity index (χ3v) is 4.81. The molecule has 0 aliphatic heterocycles. The van der Waals surface area contributed by atoms with Crippen molar-refractivity contribution in [1.29, 1.82) is 0 Å². The van der Waals surface area contributed by atoms with Crippen molar-refractivity contribution in [3.8, 4) is 0 Å². The van der Waals surface area contributed by atoms with E-state index in [4.69, 9.17) is 17.3 Å². The van der Waals surface area contributed by atoms with Crippen molar-refractivity contribution < 1.29 is 8.42 Å². The molecule has 0 amide bonds. The minimum absolute atomic E-state index is 0.0674. The smallest absolute Gasteiger partial charge is 0.244 e. The van der Waals surface area contributed by atoms with Gasteiger partial charge in [-0.2, -0.15) is 0 Å². The summed E-state index contributed by atoms with van der Waals surface area (Å²) in [5.74, 6) is 0. The summed E-state index contributed by atoms with van der Waals surface area (Å²) >= 11 is 5.90. The van der Waals surface area contributed by atoms with E-state index in [2.05, 4.69) is 0 Å². The summed E-state index contributed by atoms with van der Waals surface area (Å²) in [6.07, 6.45) is 1.75. The SMILES string of the molecule is CCCCN(C)S(=O)(=O)c1cc(N)ccc1Cl.